The lowest BCUT2D eigenvalue weighted by atomic mass is 10.1. The highest BCUT2D eigenvalue weighted by Gasteiger charge is 2.37. The molecule has 1 atom stereocenters. The number of carbonyl (C=O) groups excluding carboxylic acids is 3. The molecule has 168 valence electrons. The fraction of sp³-hybridized carbons (Fsp3) is 0.375. The molecule has 0 N–H and O–H groups in total. The summed E-state index contributed by atoms with van der Waals surface area (Å²) in [6.45, 7) is 4.64. The minimum atomic E-state index is -0.676. The zero-order valence-corrected chi connectivity index (χ0v) is 18.0. The SMILES string of the molecule is Cc1ccc(OCC(=O)O[C@H](CN2CCOCC2)CN2C(=O)c3ccccc3C2=O)cc1. The van der Waals surface area contributed by atoms with Crippen molar-refractivity contribution in [3.05, 3.63) is 65.2 Å². The van der Waals surface area contributed by atoms with Gasteiger partial charge in [-0.3, -0.25) is 19.4 Å². The van der Waals surface area contributed by atoms with Crippen molar-refractivity contribution in [2.45, 2.75) is 13.0 Å². The maximum absolute atomic E-state index is 12.8. The third-order valence-electron chi connectivity index (χ3n) is 5.51. The molecule has 2 amide bonds. The largest absolute Gasteiger partial charge is 0.482 e. The molecule has 0 bridgehead atoms. The maximum Gasteiger partial charge on any atom is 0.344 e. The Morgan fingerprint density at radius 1 is 0.969 bits per heavy atom. The van der Waals surface area contributed by atoms with Crippen LogP contribution in [0.25, 0.3) is 0 Å². The van der Waals surface area contributed by atoms with E-state index in [0.29, 0.717) is 49.7 Å². The number of rotatable bonds is 8. The zero-order valence-electron chi connectivity index (χ0n) is 18.0. The Morgan fingerprint density at radius 2 is 1.59 bits per heavy atom. The highest BCUT2D eigenvalue weighted by Crippen LogP contribution is 2.23. The van der Waals surface area contributed by atoms with E-state index in [0.717, 1.165) is 10.5 Å². The predicted molar refractivity (Wildman–Crippen MR) is 116 cm³/mol. The fourth-order valence-corrected chi connectivity index (χ4v) is 3.81. The maximum atomic E-state index is 12.8. The topological polar surface area (TPSA) is 85.4 Å². The van der Waals surface area contributed by atoms with Gasteiger partial charge in [0.15, 0.2) is 6.61 Å². The van der Waals surface area contributed by atoms with Crippen molar-refractivity contribution in [2.24, 2.45) is 0 Å². The quantitative estimate of drug-likeness (QED) is 0.460. The van der Waals surface area contributed by atoms with Gasteiger partial charge in [0, 0.05) is 19.6 Å². The number of aryl methyl sites for hydroxylation is 1. The van der Waals surface area contributed by atoms with Crippen molar-refractivity contribution in [1.82, 2.24) is 9.80 Å². The summed E-state index contributed by atoms with van der Waals surface area (Å²) in [6.07, 6.45) is -0.676. The van der Waals surface area contributed by atoms with Crippen LogP contribution >= 0.6 is 0 Å². The Morgan fingerprint density at radius 3 is 2.22 bits per heavy atom. The van der Waals surface area contributed by atoms with Gasteiger partial charge in [-0.15, -0.1) is 0 Å². The standard InChI is InChI=1S/C24H26N2O6/c1-17-6-8-18(9-7-17)31-16-22(27)32-19(14-25-10-12-30-13-11-25)15-26-23(28)20-4-2-3-5-21(20)24(26)29/h2-9,19H,10-16H2,1H3/t19-/m1/s1. The predicted octanol–water partition coefficient (Wildman–Crippen LogP) is 1.91. The third kappa shape index (κ3) is 5.15. The number of benzene rings is 2. The molecule has 0 radical (unpaired) electrons. The number of esters is 1. The summed E-state index contributed by atoms with van der Waals surface area (Å²) in [7, 11) is 0. The molecule has 32 heavy (non-hydrogen) atoms. The van der Waals surface area contributed by atoms with Crippen LogP contribution in [0.5, 0.6) is 5.75 Å². The second kappa shape index (κ2) is 9.93. The summed E-state index contributed by atoms with van der Waals surface area (Å²) in [5.41, 5.74) is 1.83. The lowest BCUT2D eigenvalue weighted by molar-refractivity contribution is -0.153. The highest BCUT2D eigenvalue weighted by atomic mass is 16.6. The smallest absolute Gasteiger partial charge is 0.344 e. The van der Waals surface area contributed by atoms with Crippen molar-refractivity contribution in [3.63, 3.8) is 0 Å². The van der Waals surface area contributed by atoms with Crippen LogP contribution in [0, 0.1) is 6.92 Å². The summed E-state index contributed by atoms with van der Waals surface area (Å²) < 4.78 is 16.6. The van der Waals surface area contributed by atoms with Gasteiger partial charge in [-0.05, 0) is 31.2 Å². The average Bonchev–Trinajstić information content (AvgIpc) is 3.04. The molecule has 0 unspecified atom stereocenters. The molecular weight excluding hydrogens is 412 g/mol. The summed E-state index contributed by atoms with van der Waals surface area (Å²) in [5, 5.41) is 0. The number of hydrogen-bond acceptors (Lipinski definition) is 7. The molecule has 0 aliphatic carbocycles. The number of amides is 2. The molecule has 1 saturated heterocycles. The van der Waals surface area contributed by atoms with E-state index in [1.807, 2.05) is 19.1 Å². The number of morpholine rings is 1. The van der Waals surface area contributed by atoms with E-state index in [1.165, 1.54) is 0 Å². The number of carbonyl (C=O) groups is 3. The molecule has 0 saturated carbocycles. The van der Waals surface area contributed by atoms with Crippen LogP contribution in [-0.4, -0.2) is 79.7 Å². The zero-order chi connectivity index (χ0) is 22.5. The van der Waals surface area contributed by atoms with Crippen molar-refractivity contribution in [3.8, 4) is 5.75 Å². The van der Waals surface area contributed by atoms with Crippen molar-refractivity contribution in [1.29, 1.82) is 0 Å². The molecule has 2 aliphatic heterocycles. The summed E-state index contributed by atoms with van der Waals surface area (Å²) >= 11 is 0. The molecule has 0 aromatic heterocycles. The van der Waals surface area contributed by atoms with Crippen LogP contribution in [0.2, 0.25) is 0 Å². The third-order valence-corrected chi connectivity index (χ3v) is 5.51. The summed E-state index contributed by atoms with van der Waals surface area (Å²) in [5.74, 6) is -0.730. The van der Waals surface area contributed by atoms with Crippen LogP contribution in [0.4, 0.5) is 0 Å². The number of imide groups is 1. The van der Waals surface area contributed by atoms with Crippen LogP contribution < -0.4 is 4.74 Å². The van der Waals surface area contributed by atoms with Crippen LogP contribution in [0.1, 0.15) is 26.3 Å². The molecule has 2 heterocycles. The van der Waals surface area contributed by atoms with Gasteiger partial charge in [-0.25, -0.2) is 4.79 Å². The Balaban J connectivity index is 1.41. The Hall–Kier alpha value is -3.23. The number of fused-ring (bicyclic) bond motifs is 1. The van der Waals surface area contributed by atoms with E-state index in [1.54, 1.807) is 36.4 Å². The second-order valence-corrected chi connectivity index (χ2v) is 7.89. The molecule has 2 aromatic rings. The van der Waals surface area contributed by atoms with E-state index in [-0.39, 0.29) is 25.0 Å². The van der Waals surface area contributed by atoms with Gasteiger partial charge in [0.25, 0.3) is 11.8 Å². The van der Waals surface area contributed by atoms with E-state index in [9.17, 15) is 14.4 Å². The normalized spacial score (nSPS) is 17.2. The lowest BCUT2D eigenvalue weighted by Gasteiger charge is -2.31. The summed E-state index contributed by atoms with van der Waals surface area (Å²) in [4.78, 5) is 41.3. The van der Waals surface area contributed by atoms with Crippen LogP contribution in [0.3, 0.4) is 0 Å². The van der Waals surface area contributed by atoms with Gasteiger partial charge < -0.3 is 14.2 Å². The number of hydrogen-bond donors (Lipinski definition) is 0. The van der Waals surface area contributed by atoms with Crippen molar-refractivity contribution in [2.75, 3.05) is 46.0 Å². The van der Waals surface area contributed by atoms with Gasteiger partial charge in [-0.2, -0.15) is 0 Å². The molecule has 1 fully saturated rings. The van der Waals surface area contributed by atoms with Gasteiger partial charge >= 0.3 is 5.97 Å². The van der Waals surface area contributed by atoms with Crippen molar-refractivity contribution >= 4 is 17.8 Å². The second-order valence-electron chi connectivity index (χ2n) is 7.89. The lowest BCUT2D eigenvalue weighted by Crippen LogP contribution is -2.47. The highest BCUT2D eigenvalue weighted by molar-refractivity contribution is 6.21. The molecule has 2 aliphatic rings. The first kappa shape index (κ1) is 22.0. The molecule has 8 nitrogen and oxygen atoms in total. The first-order valence-corrected chi connectivity index (χ1v) is 10.7. The van der Waals surface area contributed by atoms with Crippen LogP contribution in [0.15, 0.2) is 48.5 Å². The molecule has 8 heteroatoms. The molecule has 2 aromatic carbocycles. The first-order chi connectivity index (χ1) is 15.5. The van der Waals surface area contributed by atoms with E-state index >= 15 is 0 Å². The first-order valence-electron chi connectivity index (χ1n) is 10.7. The number of ether oxygens (including phenoxy) is 3. The van der Waals surface area contributed by atoms with Gasteiger partial charge in [-0.1, -0.05) is 29.8 Å². The van der Waals surface area contributed by atoms with Crippen molar-refractivity contribution < 1.29 is 28.6 Å². The Kier molecular flexibility index (Phi) is 6.82. The minimum absolute atomic E-state index is 0.0139. The van der Waals surface area contributed by atoms with E-state index in [4.69, 9.17) is 14.2 Å². The molecule has 0 spiro atoms. The average molecular weight is 438 g/mol. The Labute approximate surface area is 186 Å². The van der Waals surface area contributed by atoms with Gasteiger partial charge in [0.1, 0.15) is 11.9 Å². The summed E-state index contributed by atoms with van der Waals surface area (Å²) in [6, 6.07) is 14.1. The van der Waals surface area contributed by atoms with Crippen LogP contribution in [-0.2, 0) is 14.3 Å². The number of nitrogens with zero attached hydrogens (tertiary/aromatic N) is 2. The Bertz CT molecular complexity index is 949. The molecular formula is C24H26N2O6. The van der Waals surface area contributed by atoms with E-state index in [2.05, 4.69) is 4.90 Å². The van der Waals surface area contributed by atoms with E-state index < -0.39 is 12.1 Å². The fourth-order valence-electron chi connectivity index (χ4n) is 3.81. The van der Waals surface area contributed by atoms with Gasteiger partial charge in [0.2, 0.25) is 0 Å². The van der Waals surface area contributed by atoms with Gasteiger partial charge in [0.05, 0.1) is 30.9 Å². The molecule has 4 rings (SSSR count). The monoisotopic (exact) mass is 438 g/mol. The minimum Gasteiger partial charge on any atom is -0.482 e.